The first-order chi connectivity index (χ1) is 8.72. The largest absolute Gasteiger partial charge is 0.483 e. The topological polar surface area (TPSA) is 50.8 Å². The number of anilines is 1. The van der Waals surface area contributed by atoms with Crippen LogP contribution in [0.25, 0.3) is 0 Å². The van der Waals surface area contributed by atoms with Crippen LogP contribution in [-0.2, 0) is 0 Å². The van der Waals surface area contributed by atoms with E-state index in [-0.39, 0.29) is 0 Å². The second-order valence-corrected chi connectivity index (χ2v) is 5.24. The number of fused-ring (bicyclic) bond motifs is 1. The molecule has 1 atom stereocenters. The molecule has 3 rings (SSSR count). The van der Waals surface area contributed by atoms with Crippen molar-refractivity contribution >= 4 is 17.2 Å². The summed E-state index contributed by atoms with van der Waals surface area (Å²) in [6, 6.07) is 5.62. The molecule has 0 saturated carbocycles. The molecule has 2 aliphatic heterocycles. The lowest BCUT2D eigenvalue weighted by molar-refractivity contribution is 0.252. The molecule has 2 aliphatic rings. The van der Waals surface area contributed by atoms with E-state index < -0.39 is 0 Å². The summed E-state index contributed by atoms with van der Waals surface area (Å²) in [6.45, 7) is 5.04. The van der Waals surface area contributed by atoms with E-state index in [1.54, 1.807) is 0 Å². The van der Waals surface area contributed by atoms with Crippen LogP contribution in [0.2, 0.25) is 0 Å². The van der Waals surface area contributed by atoms with Crippen LogP contribution in [-0.4, -0.2) is 30.4 Å². The van der Waals surface area contributed by atoms with Gasteiger partial charge in [0.05, 0.1) is 0 Å². The molecule has 0 aliphatic carbocycles. The number of benzene rings is 1. The minimum absolute atomic E-state index is 0.573. The Hall–Kier alpha value is -1.71. The van der Waals surface area contributed by atoms with Gasteiger partial charge in [-0.2, -0.15) is 0 Å². The third-order valence-corrected chi connectivity index (χ3v) is 3.61. The van der Waals surface area contributed by atoms with Gasteiger partial charge in [0.2, 0.25) is 0 Å². The molecule has 4 heteroatoms. The third kappa shape index (κ3) is 2.15. The average molecular weight is 245 g/mol. The van der Waals surface area contributed by atoms with E-state index in [4.69, 9.17) is 15.5 Å². The van der Waals surface area contributed by atoms with E-state index in [2.05, 4.69) is 11.8 Å². The molecular formula is C14H19N3O. The maximum Gasteiger partial charge on any atom is 0.146 e. The summed E-state index contributed by atoms with van der Waals surface area (Å²) in [5.74, 6) is 2.61. The highest BCUT2D eigenvalue weighted by Crippen LogP contribution is 2.33. The average Bonchev–Trinajstić information content (AvgIpc) is 2.38. The Bertz CT molecular complexity index is 484. The highest BCUT2D eigenvalue weighted by molar-refractivity contribution is 5.89. The summed E-state index contributed by atoms with van der Waals surface area (Å²) in [5.41, 5.74) is 7.38. The Kier molecular flexibility index (Phi) is 2.86. The number of hydrogen-bond donors (Lipinski definition) is 1. The highest BCUT2D eigenvalue weighted by atomic mass is 16.5. The van der Waals surface area contributed by atoms with Gasteiger partial charge < -0.3 is 15.4 Å². The standard InChI is InChI=1S/C14H19N3O/c1-10-3-2-6-17(8-10)14-9-18-13-5-4-11(15)7-12(13)16-14/h4-5,7,10H,2-3,6,8-9,15H2,1H3. The fourth-order valence-corrected chi connectivity index (χ4v) is 2.64. The van der Waals surface area contributed by atoms with Gasteiger partial charge in [-0.25, -0.2) is 4.99 Å². The Morgan fingerprint density at radius 3 is 3.17 bits per heavy atom. The van der Waals surface area contributed by atoms with Crippen molar-refractivity contribution < 1.29 is 4.74 Å². The number of aliphatic imine (C=N–C) groups is 1. The van der Waals surface area contributed by atoms with Crippen molar-refractivity contribution in [3.05, 3.63) is 18.2 Å². The van der Waals surface area contributed by atoms with Crippen molar-refractivity contribution in [2.45, 2.75) is 19.8 Å². The van der Waals surface area contributed by atoms with Crippen LogP contribution in [0.4, 0.5) is 11.4 Å². The van der Waals surface area contributed by atoms with Crippen LogP contribution < -0.4 is 10.5 Å². The molecule has 1 unspecified atom stereocenters. The third-order valence-electron chi connectivity index (χ3n) is 3.61. The molecule has 1 aromatic carbocycles. The number of amidine groups is 1. The van der Waals surface area contributed by atoms with E-state index in [0.29, 0.717) is 6.61 Å². The van der Waals surface area contributed by atoms with Crippen LogP contribution in [0, 0.1) is 5.92 Å². The van der Waals surface area contributed by atoms with Gasteiger partial charge in [0.1, 0.15) is 23.9 Å². The lowest BCUT2D eigenvalue weighted by atomic mass is 10.0. The van der Waals surface area contributed by atoms with E-state index in [1.807, 2.05) is 18.2 Å². The SMILES string of the molecule is CC1CCCN(C2=Nc3cc(N)ccc3OC2)C1. The van der Waals surface area contributed by atoms with Crippen molar-refractivity contribution in [1.82, 2.24) is 4.90 Å². The van der Waals surface area contributed by atoms with Crippen molar-refractivity contribution in [3.63, 3.8) is 0 Å². The van der Waals surface area contributed by atoms with Crippen molar-refractivity contribution in [3.8, 4) is 5.75 Å². The Labute approximate surface area is 107 Å². The summed E-state index contributed by atoms with van der Waals surface area (Å²) in [7, 11) is 0. The summed E-state index contributed by atoms with van der Waals surface area (Å²) in [5, 5.41) is 0. The Balaban J connectivity index is 1.86. The first-order valence-corrected chi connectivity index (χ1v) is 6.57. The normalized spacial score (nSPS) is 23.1. The zero-order chi connectivity index (χ0) is 12.5. The summed E-state index contributed by atoms with van der Waals surface area (Å²) >= 11 is 0. The van der Waals surface area contributed by atoms with Gasteiger partial charge in [-0.3, -0.25) is 0 Å². The Morgan fingerprint density at radius 2 is 2.33 bits per heavy atom. The van der Waals surface area contributed by atoms with Gasteiger partial charge in [0, 0.05) is 18.8 Å². The molecule has 0 bridgehead atoms. The number of nitrogen functional groups attached to an aromatic ring is 1. The summed E-state index contributed by atoms with van der Waals surface area (Å²) in [4.78, 5) is 7.05. The van der Waals surface area contributed by atoms with Crippen LogP contribution >= 0.6 is 0 Å². The number of ether oxygens (including phenoxy) is 1. The smallest absolute Gasteiger partial charge is 0.146 e. The second-order valence-electron chi connectivity index (χ2n) is 5.24. The zero-order valence-corrected chi connectivity index (χ0v) is 10.7. The fraction of sp³-hybridized carbons (Fsp3) is 0.500. The zero-order valence-electron chi connectivity index (χ0n) is 10.7. The molecule has 0 aromatic heterocycles. The lowest BCUT2D eigenvalue weighted by Crippen LogP contribution is -2.42. The molecule has 2 heterocycles. The number of piperidine rings is 1. The van der Waals surface area contributed by atoms with Crippen LogP contribution in [0.5, 0.6) is 5.75 Å². The number of nitrogens with zero attached hydrogens (tertiary/aromatic N) is 2. The van der Waals surface area contributed by atoms with E-state index in [9.17, 15) is 0 Å². The first-order valence-electron chi connectivity index (χ1n) is 6.57. The van der Waals surface area contributed by atoms with Crippen LogP contribution in [0.3, 0.4) is 0 Å². The Morgan fingerprint density at radius 1 is 1.44 bits per heavy atom. The molecule has 4 nitrogen and oxygen atoms in total. The molecule has 0 radical (unpaired) electrons. The van der Waals surface area contributed by atoms with Crippen molar-refractivity contribution in [1.29, 1.82) is 0 Å². The number of rotatable bonds is 0. The van der Waals surface area contributed by atoms with Crippen LogP contribution in [0.15, 0.2) is 23.2 Å². The molecule has 1 fully saturated rings. The summed E-state index contributed by atoms with van der Waals surface area (Å²) < 4.78 is 5.75. The van der Waals surface area contributed by atoms with Gasteiger partial charge in [0.15, 0.2) is 0 Å². The minimum Gasteiger partial charge on any atom is -0.483 e. The van der Waals surface area contributed by atoms with Gasteiger partial charge in [-0.15, -0.1) is 0 Å². The van der Waals surface area contributed by atoms with E-state index in [0.717, 1.165) is 42.0 Å². The predicted octanol–water partition coefficient (Wildman–Crippen LogP) is 2.42. The van der Waals surface area contributed by atoms with Gasteiger partial charge >= 0.3 is 0 Å². The maximum absolute atomic E-state index is 5.79. The monoisotopic (exact) mass is 245 g/mol. The predicted molar refractivity (Wildman–Crippen MR) is 73.4 cm³/mol. The van der Waals surface area contributed by atoms with E-state index in [1.165, 1.54) is 12.8 Å². The quantitative estimate of drug-likeness (QED) is 0.714. The molecule has 18 heavy (non-hydrogen) atoms. The van der Waals surface area contributed by atoms with Crippen molar-refractivity contribution in [2.24, 2.45) is 10.9 Å². The number of nitrogens with two attached hydrogens (primary N) is 1. The molecule has 0 spiro atoms. The summed E-state index contributed by atoms with van der Waals surface area (Å²) in [6.07, 6.45) is 2.55. The molecule has 0 amide bonds. The molecule has 2 N–H and O–H groups in total. The maximum atomic E-state index is 5.79. The molecule has 1 saturated heterocycles. The van der Waals surface area contributed by atoms with Crippen molar-refractivity contribution in [2.75, 3.05) is 25.4 Å². The van der Waals surface area contributed by atoms with Crippen LogP contribution in [0.1, 0.15) is 19.8 Å². The number of likely N-dealkylation sites (tertiary alicyclic amines) is 1. The molecular weight excluding hydrogens is 226 g/mol. The minimum atomic E-state index is 0.573. The first kappa shape index (κ1) is 11.4. The fourth-order valence-electron chi connectivity index (χ4n) is 2.64. The van der Waals surface area contributed by atoms with Gasteiger partial charge in [-0.1, -0.05) is 6.92 Å². The van der Waals surface area contributed by atoms with E-state index >= 15 is 0 Å². The highest BCUT2D eigenvalue weighted by Gasteiger charge is 2.22. The number of hydrogen-bond acceptors (Lipinski definition) is 4. The molecule has 1 aromatic rings. The van der Waals surface area contributed by atoms with Gasteiger partial charge in [0.25, 0.3) is 0 Å². The molecule has 96 valence electrons. The second kappa shape index (κ2) is 4.52. The lowest BCUT2D eigenvalue weighted by Gasteiger charge is -2.34. The van der Waals surface area contributed by atoms with Gasteiger partial charge in [-0.05, 0) is 37.0 Å².